The molecule has 0 unspecified atom stereocenters. The maximum absolute atomic E-state index is 13.0. The zero-order valence-corrected chi connectivity index (χ0v) is 14.0. The minimum absolute atomic E-state index is 0.110. The molecule has 1 saturated heterocycles. The summed E-state index contributed by atoms with van der Waals surface area (Å²) in [6, 6.07) is 8.05. The van der Waals surface area contributed by atoms with Crippen molar-refractivity contribution < 1.29 is 9.53 Å². The number of amides is 1. The molecule has 0 bridgehead atoms. The minimum Gasteiger partial charge on any atom is -0.480 e. The number of carbonyl (C=O) groups is 1. The summed E-state index contributed by atoms with van der Waals surface area (Å²) >= 11 is 1.66. The van der Waals surface area contributed by atoms with E-state index < -0.39 is 0 Å². The third-order valence-electron chi connectivity index (χ3n) is 4.63. The summed E-state index contributed by atoms with van der Waals surface area (Å²) in [6.07, 6.45) is 3.51. The van der Waals surface area contributed by atoms with Crippen LogP contribution in [-0.4, -0.2) is 28.4 Å². The summed E-state index contributed by atoms with van der Waals surface area (Å²) in [4.78, 5) is 19.7. The van der Waals surface area contributed by atoms with E-state index in [1.54, 1.807) is 11.3 Å². The van der Waals surface area contributed by atoms with Gasteiger partial charge in [0.15, 0.2) is 6.10 Å². The van der Waals surface area contributed by atoms with E-state index >= 15 is 0 Å². The molecular formula is C18H20N2O2S. The number of aromatic nitrogens is 1. The van der Waals surface area contributed by atoms with Crippen molar-refractivity contribution in [3.05, 3.63) is 45.9 Å². The topological polar surface area (TPSA) is 42.4 Å². The Morgan fingerprint density at radius 3 is 3.00 bits per heavy atom. The van der Waals surface area contributed by atoms with Gasteiger partial charge in [-0.1, -0.05) is 18.2 Å². The molecule has 1 aromatic heterocycles. The number of benzene rings is 1. The largest absolute Gasteiger partial charge is 0.480 e. The first-order valence-electron chi connectivity index (χ1n) is 8.19. The highest BCUT2D eigenvalue weighted by atomic mass is 32.1. The van der Waals surface area contributed by atoms with Crippen LogP contribution in [0.15, 0.2) is 29.6 Å². The number of fused-ring (bicyclic) bond motifs is 1. The molecule has 2 aliphatic heterocycles. The molecule has 5 heteroatoms. The van der Waals surface area contributed by atoms with Crippen molar-refractivity contribution >= 4 is 17.2 Å². The van der Waals surface area contributed by atoms with Gasteiger partial charge in [0.2, 0.25) is 0 Å². The van der Waals surface area contributed by atoms with Crippen molar-refractivity contribution in [3.8, 4) is 5.75 Å². The predicted molar refractivity (Wildman–Crippen MR) is 89.7 cm³/mol. The van der Waals surface area contributed by atoms with E-state index in [4.69, 9.17) is 4.74 Å². The second kappa shape index (κ2) is 5.96. The van der Waals surface area contributed by atoms with E-state index in [0.29, 0.717) is 6.42 Å². The number of thiazole rings is 1. The summed E-state index contributed by atoms with van der Waals surface area (Å²) in [6.45, 7) is 2.81. The number of nitrogens with zero attached hydrogens (tertiary/aromatic N) is 2. The normalized spacial score (nSPS) is 23.4. The number of piperidine rings is 1. The van der Waals surface area contributed by atoms with E-state index in [1.807, 2.05) is 36.1 Å². The molecule has 4 rings (SSSR count). The zero-order valence-electron chi connectivity index (χ0n) is 13.2. The standard InChI is InChI=1S/C18H20N2O2S/c1-12-11-23-17(19-12)14-7-4-5-9-20(14)18(21)16-10-13-6-2-3-8-15(13)22-16/h2-3,6,8,11,14,16H,4-5,7,9-10H2,1H3/t14-,16-/m1/s1. The number of hydrogen-bond donors (Lipinski definition) is 0. The van der Waals surface area contributed by atoms with E-state index in [-0.39, 0.29) is 18.1 Å². The van der Waals surface area contributed by atoms with E-state index in [1.165, 1.54) is 0 Å². The van der Waals surface area contributed by atoms with Gasteiger partial charge in [-0.15, -0.1) is 11.3 Å². The van der Waals surface area contributed by atoms with Crippen LogP contribution in [0.4, 0.5) is 0 Å². The molecule has 1 amide bonds. The maximum Gasteiger partial charge on any atom is 0.264 e. The van der Waals surface area contributed by atoms with Crippen LogP contribution in [0.2, 0.25) is 0 Å². The van der Waals surface area contributed by atoms with Crippen LogP contribution in [0.5, 0.6) is 5.75 Å². The Morgan fingerprint density at radius 2 is 2.22 bits per heavy atom. The van der Waals surface area contributed by atoms with Gasteiger partial charge in [0, 0.05) is 24.0 Å². The fourth-order valence-corrected chi connectivity index (χ4v) is 4.42. The molecule has 3 heterocycles. The van der Waals surface area contributed by atoms with Gasteiger partial charge >= 0.3 is 0 Å². The van der Waals surface area contributed by atoms with Crippen LogP contribution >= 0.6 is 11.3 Å². The predicted octanol–water partition coefficient (Wildman–Crippen LogP) is 3.51. The highest BCUT2D eigenvalue weighted by molar-refractivity contribution is 7.09. The molecule has 1 aromatic carbocycles. The Hall–Kier alpha value is -1.88. The fraction of sp³-hybridized carbons (Fsp3) is 0.444. The zero-order chi connectivity index (χ0) is 15.8. The molecule has 120 valence electrons. The van der Waals surface area contributed by atoms with Crippen molar-refractivity contribution in [2.45, 2.75) is 44.8 Å². The molecule has 0 spiro atoms. The van der Waals surface area contributed by atoms with Crippen molar-refractivity contribution in [2.24, 2.45) is 0 Å². The summed E-state index contributed by atoms with van der Waals surface area (Å²) in [5.41, 5.74) is 2.16. The first kappa shape index (κ1) is 14.7. The third kappa shape index (κ3) is 2.74. The Kier molecular flexibility index (Phi) is 3.81. The van der Waals surface area contributed by atoms with Crippen LogP contribution in [0, 0.1) is 6.92 Å². The molecule has 4 nitrogen and oxygen atoms in total. The molecule has 23 heavy (non-hydrogen) atoms. The maximum atomic E-state index is 13.0. The summed E-state index contributed by atoms with van der Waals surface area (Å²) in [5.74, 6) is 0.961. The van der Waals surface area contributed by atoms with E-state index in [2.05, 4.69) is 10.4 Å². The molecule has 2 atom stereocenters. The van der Waals surface area contributed by atoms with Gasteiger partial charge in [0.25, 0.3) is 5.91 Å². The minimum atomic E-state index is -0.381. The molecule has 0 aliphatic carbocycles. The van der Waals surface area contributed by atoms with Crippen LogP contribution in [0.3, 0.4) is 0 Å². The van der Waals surface area contributed by atoms with Crippen LogP contribution < -0.4 is 4.74 Å². The van der Waals surface area contributed by atoms with E-state index in [0.717, 1.165) is 47.8 Å². The third-order valence-corrected chi connectivity index (χ3v) is 5.69. The molecule has 2 aromatic rings. The van der Waals surface area contributed by atoms with Crippen LogP contribution in [0.1, 0.15) is 41.6 Å². The van der Waals surface area contributed by atoms with Gasteiger partial charge in [-0.3, -0.25) is 4.79 Å². The average Bonchev–Trinajstić information content (AvgIpc) is 3.20. The lowest BCUT2D eigenvalue weighted by atomic mass is 10.0. The SMILES string of the molecule is Cc1csc([C@H]2CCCCN2C(=O)[C@H]2Cc3ccccc3O2)n1. The first-order valence-corrected chi connectivity index (χ1v) is 9.07. The number of likely N-dealkylation sites (tertiary alicyclic amines) is 1. The van der Waals surface area contributed by atoms with Crippen LogP contribution in [-0.2, 0) is 11.2 Å². The molecule has 0 N–H and O–H groups in total. The molecule has 1 fully saturated rings. The summed E-state index contributed by atoms with van der Waals surface area (Å²) < 4.78 is 5.90. The van der Waals surface area contributed by atoms with Gasteiger partial charge in [0.05, 0.1) is 6.04 Å². The van der Waals surface area contributed by atoms with E-state index in [9.17, 15) is 4.79 Å². The van der Waals surface area contributed by atoms with Crippen molar-refractivity contribution in [2.75, 3.05) is 6.54 Å². The van der Waals surface area contributed by atoms with Crippen molar-refractivity contribution in [1.29, 1.82) is 0 Å². The Labute approximate surface area is 140 Å². The number of ether oxygens (including phenoxy) is 1. The lowest BCUT2D eigenvalue weighted by Gasteiger charge is -2.35. The first-order chi connectivity index (χ1) is 11.2. The van der Waals surface area contributed by atoms with Gasteiger partial charge in [-0.25, -0.2) is 4.98 Å². The number of para-hydroxylation sites is 1. The molecule has 0 saturated carbocycles. The summed E-state index contributed by atoms with van der Waals surface area (Å²) in [7, 11) is 0. The van der Waals surface area contributed by atoms with Crippen molar-refractivity contribution in [1.82, 2.24) is 9.88 Å². The quantitative estimate of drug-likeness (QED) is 0.847. The highest BCUT2D eigenvalue weighted by Gasteiger charge is 2.37. The fourth-order valence-electron chi connectivity index (χ4n) is 3.48. The lowest BCUT2D eigenvalue weighted by molar-refractivity contribution is -0.142. The smallest absolute Gasteiger partial charge is 0.264 e. The van der Waals surface area contributed by atoms with Crippen molar-refractivity contribution in [3.63, 3.8) is 0 Å². The van der Waals surface area contributed by atoms with Gasteiger partial charge in [-0.05, 0) is 37.8 Å². The molecular weight excluding hydrogens is 308 g/mol. The van der Waals surface area contributed by atoms with Crippen LogP contribution in [0.25, 0.3) is 0 Å². The van der Waals surface area contributed by atoms with Gasteiger partial charge in [-0.2, -0.15) is 0 Å². The Morgan fingerprint density at radius 1 is 1.35 bits per heavy atom. The second-order valence-electron chi connectivity index (χ2n) is 6.29. The number of carbonyl (C=O) groups excluding carboxylic acids is 1. The Bertz CT molecular complexity index is 702. The molecule has 2 aliphatic rings. The average molecular weight is 328 g/mol. The Balaban J connectivity index is 1.55. The number of rotatable bonds is 2. The number of hydrogen-bond acceptors (Lipinski definition) is 4. The summed E-state index contributed by atoms with van der Waals surface area (Å²) in [5, 5.41) is 3.13. The molecule has 0 radical (unpaired) electrons. The number of aryl methyl sites for hydroxylation is 1. The lowest BCUT2D eigenvalue weighted by Crippen LogP contribution is -2.45. The monoisotopic (exact) mass is 328 g/mol. The second-order valence-corrected chi connectivity index (χ2v) is 7.18. The van der Waals surface area contributed by atoms with Gasteiger partial charge in [0.1, 0.15) is 10.8 Å². The van der Waals surface area contributed by atoms with Gasteiger partial charge < -0.3 is 9.64 Å². The highest BCUT2D eigenvalue weighted by Crippen LogP contribution is 2.35.